The van der Waals surface area contributed by atoms with Gasteiger partial charge in [0.1, 0.15) is 0 Å². The van der Waals surface area contributed by atoms with E-state index in [0.29, 0.717) is 0 Å². The molecule has 3 saturated carbocycles. The minimum atomic E-state index is 0.217. The average molecular weight is 353 g/mol. The first-order valence-corrected chi connectivity index (χ1v) is 11.4. The van der Waals surface area contributed by atoms with Gasteiger partial charge in [0.25, 0.3) is 0 Å². The van der Waals surface area contributed by atoms with Crippen LogP contribution in [0.4, 0.5) is 0 Å². The predicted molar refractivity (Wildman–Crippen MR) is 112 cm³/mol. The van der Waals surface area contributed by atoms with Gasteiger partial charge in [-0.25, -0.2) is 0 Å². The van der Waals surface area contributed by atoms with Gasteiger partial charge in [-0.05, 0) is 114 Å². The smallest absolute Gasteiger partial charge is 0.0297 e. The fourth-order valence-electron chi connectivity index (χ4n) is 5.52. The summed E-state index contributed by atoms with van der Waals surface area (Å²) in [7, 11) is 0. The first kappa shape index (κ1) is 19.9. The van der Waals surface area contributed by atoms with Gasteiger partial charge in [-0.1, -0.05) is 38.5 Å². The van der Waals surface area contributed by atoms with Crippen LogP contribution in [0.15, 0.2) is 0 Å². The Labute approximate surface area is 163 Å². The SMILES string of the molecule is CC1CCC(C2CCC(C)(C#CC#CC3(C)CCC(C)CC3)CC2)CC1. The standard InChI is InChI=1S/C26H40/c1-21-7-9-23(10-8-21)24-13-19-26(4,20-14-24)16-6-5-15-25(3)17-11-22(2)12-18-25/h21-24H,7-14,17-20H2,1-4H3. The molecule has 0 radical (unpaired) electrons. The van der Waals surface area contributed by atoms with E-state index in [1.165, 1.54) is 77.0 Å². The highest BCUT2D eigenvalue weighted by molar-refractivity contribution is 5.31. The summed E-state index contributed by atoms with van der Waals surface area (Å²) >= 11 is 0. The van der Waals surface area contributed by atoms with Gasteiger partial charge >= 0.3 is 0 Å². The molecule has 144 valence electrons. The molecule has 0 N–H and O–H groups in total. The average Bonchev–Trinajstić information content (AvgIpc) is 2.63. The molecule has 0 aromatic rings. The van der Waals surface area contributed by atoms with E-state index in [-0.39, 0.29) is 10.8 Å². The Hall–Kier alpha value is -0.880. The minimum Gasteiger partial charge on any atom is -0.0826 e. The first-order valence-electron chi connectivity index (χ1n) is 11.4. The normalized spacial score (nSPS) is 43.5. The van der Waals surface area contributed by atoms with Gasteiger partial charge in [0, 0.05) is 10.8 Å². The molecule has 26 heavy (non-hydrogen) atoms. The second-order valence-corrected chi connectivity index (χ2v) is 10.7. The highest BCUT2D eigenvalue weighted by Crippen LogP contribution is 2.45. The van der Waals surface area contributed by atoms with E-state index in [4.69, 9.17) is 0 Å². The quantitative estimate of drug-likeness (QED) is 0.436. The number of rotatable bonds is 1. The van der Waals surface area contributed by atoms with Crippen LogP contribution in [-0.2, 0) is 0 Å². The Bertz CT molecular complexity index is 565. The lowest BCUT2D eigenvalue weighted by Gasteiger charge is -2.39. The van der Waals surface area contributed by atoms with Crippen LogP contribution in [0.25, 0.3) is 0 Å². The van der Waals surface area contributed by atoms with Crippen LogP contribution in [-0.4, -0.2) is 0 Å². The summed E-state index contributed by atoms with van der Waals surface area (Å²) in [5, 5.41) is 0. The van der Waals surface area contributed by atoms with Crippen molar-refractivity contribution >= 4 is 0 Å². The van der Waals surface area contributed by atoms with Crippen molar-refractivity contribution in [2.45, 2.75) is 105 Å². The Balaban J connectivity index is 1.49. The van der Waals surface area contributed by atoms with Gasteiger partial charge in [0.05, 0.1) is 0 Å². The summed E-state index contributed by atoms with van der Waals surface area (Å²) in [6.45, 7) is 9.52. The largest absolute Gasteiger partial charge is 0.0826 e. The fourth-order valence-corrected chi connectivity index (χ4v) is 5.52. The zero-order valence-electron chi connectivity index (χ0n) is 17.8. The maximum atomic E-state index is 3.57. The molecule has 0 atom stereocenters. The van der Waals surface area contributed by atoms with Crippen LogP contribution in [0.3, 0.4) is 0 Å². The van der Waals surface area contributed by atoms with Crippen LogP contribution in [0, 0.1) is 58.2 Å². The molecular formula is C26H40. The van der Waals surface area contributed by atoms with E-state index in [1.807, 2.05) is 0 Å². The van der Waals surface area contributed by atoms with Crippen LogP contribution in [0.1, 0.15) is 105 Å². The Morgan fingerprint density at radius 2 is 0.923 bits per heavy atom. The van der Waals surface area contributed by atoms with Crippen molar-refractivity contribution in [3.63, 3.8) is 0 Å². The third-order valence-electron chi connectivity index (χ3n) is 8.03. The van der Waals surface area contributed by atoms with E-state index < -0.39 is 0 Å². The summed E-state index contributed by atoms with van der Waals surface area (Å²) in [6.07, 6.45) is 16.4. The molecule has 0 aliphatic heterocycles. The Morgan fingerprint density at radius 1 is 0.538 bits per heavy atom. The minimum absolute atomic E-state index is 0.217. The molecule has 0 amide bonds. The van der Waals surface area contributed by atoms with E-state index >= 15 is 0 Å². The lowest BCUT2D eigenvalue weighted by Crippen LogP contribution is -2.29. The van der Waals surface area contributed by atoms with Gasteiger partial charge < -0.3 is 0 Å². The van der Waals surface area contributed by atoms with Gasteiger partial charge in [-0.15, -0.1) is 0 Å². The maximum Gasteiger partial charge on any atom is 0.0297 e. The molecule has 0 aromatic heterocycles. The van der Waals surface area contributed by atoms with Crippen LogP contribution in [0.2, 0.25) is 0 Å². The topological polar surface area (TPSA) is 0 Å². The molecule has 0 heterocycles. The van der Waals surface area contributed by atoms with Gasteiger partial charge in [0.2, 0.25) is 0 Å². The van der Waals surface area contributed by atoms with E-state index in [2.05, 4.69) is 51.4 Å². The van der Waals surface area contributed by atoms with Gasteiger partial charge in [-0.3, -0.25) is 0 Å². The molecule has 3 aliphatic carbocycles. The molecule has 0 bridgehead atoms. The highest BCUT2D eigenvalue weighted by atomic mass is 14.4. The van der Waals surface area contributed by atoms with Crippen molar-refractivity contribution in [3.05, 3.63) is 0 Å². The van der Waals surface area contributed by atoms with Crippen molar-refractivity contribution < 1.29 is 0 Å². The molecule has 3 fully saturated rings. The lowest BCUT2D eigenvalue weighted by atomic mass is 9.65. The van der Waals surface area contributed by atoms with Crippen molar-refractivity contribution in [3.8, 4) is 23.7 Å². The molecule has 3 aliphatic rings. The molecule has 0 saturated heterocycles. The molecule has 0 aromatic carbocycles. The summed E-state index contributed by atoms with van der Waals surface area (Å²) in [5.74, 6) is 17.5. The second-order valence-electron chi connectivity index (χ2n) is 10.7. The number of hydrogen-bond donors (Lipinski definition) is 0. The molecule has 0 nitrogen and oxygen atoms in total. The zero-order valence-corrected chi connectivity index (χ0v) is 17.8. The molecular weight excluding hydrogens is 312 g/mol. The van der Waals surface area contributed by atoms with Crippen LogP contribution < -0.4 is 0 Å². The second kappa shape index (κ2) is 8.42. The summed E-state index contributed by atoms with van der Waals surface area (Å²) in [6, 6.07) is 0. The Kier molecular flexibility index (Phi) is 6.44. The van der Waals surface area contributed by atoms with Crippen LogP contribution in [0.5, 0.6) is 0 Å². The molecule has 0 heteroatoms. The van der Waals surface area contributed by atoms with E-state index in [0.717, 1.165) is 23.7 Å². The monoisotopic (exact) mass is 352 g/mol. The molecule has 3 rings (SSSR count). The van der Waals surface area contributed by atoms with Crippen molar-refractivity contribution in [2.24, 2.45) is 34.5 Å². The van der Waals surface area contributed by atoms with Crippen molar-refractivity contribution in [2.75, 3.05) is 0 Å². The first-order chi connectivity index (χ1) is 12.4. The molecule has 0 unspecified atom stereocenters. The summed E-state index contributed by atoms with van der Waals surface area (Å²) in [5.41, 5.74) is 0.437. The summed E-state index contributed by atoms with van der Waals surface area (Å²) < 4.78 is 0. The van der Waals surface area contributed by atoms with E-state index in [1.54, 1.807) is 0 Å². The fraction of sp³-hybridized carbons (Fsp3) is 0.846. The zero-order chi connectivity index (χ0) is 18.6. The predicted octanol–water partition coefficient (Wildman–Crippen LogP) is 7.23. The highest BCUT2D eigenvalue weighted by Gasteiger charge is 2.34. The number of hydrogen-bond acceptors (Lipinski definition) is 0. The molecule has 0 spiro atoms. The van der Waals surface area contributed by atoms with Crippen molar-refractivity contribution in [1.82, 2.24) is 0 Å². The third-order valence-corrected chi connectivity index (χ3v) is 8.03. The summed E-state index contributed by atoms with van der Waals surface area (Å²) in [4.78, 5) is 0. The Morgan fingerprint density at radius 3 is 1.42 bits per heavy atom. The van der Waals surface area contributed by atoms with Crippen LogP contribution >= 0.6 is 0 Å². The third kappa shape index (κ3) is 5.32. The lowest BCUT2D eigenvalue weighted by molar-refractivity contribution is 0.134. The van der Waals surface area contributed by atoms with Crippen molar-refractivity contribution in [1.29, 1.82) is 0 Å². The van der Waals surface area contributed by atoms with Gasteiger partial charge in [0.15, 0.2) is 0 Å². The van der Waals surface area contributed by atoms with Gasteiger partial charge in [-0.2, -0.15) is 0 Å². The maximum absolute atomic E-state index is 3.57. The van der Waals surface area contributed by atoms with E-state index in [9.17, 15) is 0 Å².